The van der Waals surface area contributed by atoms with E-state index in [1.54, 1.807) is 29.1 Å². The van der Waals surface area contributed by atoms with Crippen molar-refractivity contribution < 1.29 is 9.18 Å². The Kier molecular flexibility index (Phi) is 4.58. The van der Waals surface area contributed by atoms with Gasteiger partial charge in [0.2, 0.25) is 0 Å². The molecule has 0 bridgehead atoms. The fourth-order valence-corrected chi connectivity index (χ4v) is 4.84. The number of nitrogens with zero attached hydrogens (tertiary/aromatic N) is 4. The standard InChI is InChI=1S/C24H21FN6O2/c25-18-3-6-21-15(7-18)8-20(23(32)27-21)22-13-31(29-28-22)19-4-1-14(2-5-19)24(33)30-11-16-9-26-10-17(16)12-30/h1-8,13,16-17,26H,9-12H2,(H,27,32)/t16-,17+. The first-order valence-corrected chi connectivity index (χ1v) is 10.9. The summed E-state index contributed by atoms with van der Waals surface area (Å²) in [5.74, 6) is 0.769. The topological polar surface area (TPSA) is 95.9 Å². The molecule has 6 rings (SSSR count). The second-order valence-electron chi connectivity index (χ2n) is 8.73. The average molecular weight is 444 g/mol. The van der Waals surface area contributed by atoms with Gasteiger partial charge in [0, 0.05) is 42.6 Å². The van der Waals surface area contributed by atoms with Crippen molar-refractivity contribution in [2.45, 2.75) is 0 Å². The molecule has 1 amide bonds. The zero-order valence-electron chi connectivity index (χ0n) is 17.7. The number of carbonyl (C=O) groups excluding carboxylic acids is 1. The third-order valence-corrected chi connectivity index (χ3v) is 6.63. The number of likely N-dealkylation sites (tertiary alicyclic amines) is 1. The van der Waals surface area contributed by atoms with Crippen LogP contribution in [-0.2, 0) is 0 Å². The lowest BCUT2D eigenvalue weighted by Gasteiger charge is -2.17. The Bertz CT molecular complexity index is 1420. The number of fused-ring (bicyclic) bond motifs is 2. The molecule has 2 aromatic carbocycles. The zero-order valence-corrected chi connectivity index (χ0v) is 17.7. The third-order valence-electron chi connectivity index (χ3n) is 6.63. The summed E-state index contributed by atoms with van der Waals surface area (Å²) in [6.45, 7) is 3.57. The van der Waals surface area contributed by atoms with E-state index in [0.717, 1.165) is 31.9 Å². The SMILES string of the molecule is O=C(c1ccc(-n2cc(-c3cc4cc(F)ccc4[nH]c3=O)nn2)cc1)N1C[C@H]2CNC[C@H]2C1. The molecule has 0 aliphatic carbocycles. The molecule has 0 radical (unpaired) electrons. The summed E-state index contributed by atoms with van der Waals surface area (Å²) in [4.78, 5) is 30.1. The number of H-pyrrole nitrogens is 1. The first kappa shape index (κ1) is 19.8. The average Bonchev–Trinajstić information content (AvgIpc) is 3.55. The lowest BCUT2D eigenvalue weighted by molar-refractivity contribution is 0.0781. The fraction of sp³-hybridized carbons (Fsp3) is 0.250. The monoisotopic (exact) mass is 444 g/mol. The Morgan fingerprint density at radius 2 is 1.79 bits per heavy atom. The Morgan fingerprint density at radius 1 is 1.03 bits per heavy atom. The number of halogens is 1. The van der Waals surface area contributed by atoms with E-state index in [1.165, 1.54) is 18.2 Å². The van der Waals surface area contributed by atoms with Crippen molar-refractivity contribution in [1.29, 1.82) is 0 Å². The second-order valence-corrected chi connectivity index (χ2v) is 8.73. The van der Waals surface area contributed by atoms with Gasteiger partial charge in [-0.15, -0.1) is 5.10 Å². The summed E-state index contributed by atoms with van der Waals surface area (Å²) in [7, 11) is 0. The molecule has 2 atom stereocenters. The molecule has 33 heavy (non-hydrogen) atoms. The molecule has 9 heteroatoms. The van der Waals surface area contributed by atoms with Crippen LogP contribution < -0.4 is 10.9 Å². The van der Waals surface area contributed by atoms with Crippen LogP contribution in [0.3, 0.4) is 0 Å². The fourth-order valence-electron chi connectivity index (χ4n) is 4.84. The van der Waals surface area contributed by atoms with Crippen LogP contribution in [0.15, 0.2) is 59.5 Å². The Morgan fingerprint density at radius 3 is 2.55 bits per heavy atom. The number of benzene rings is 2. The molecular weight excluding hydrogens is 423 g/mol. The maximum Gasteiger partial charge on any atom is 0.258 e. The normalized spacial score (nSPS) is 19.8. The molecule has 4 heterocycles. The van der Waals surface area contributed by atoms with Crippen molar-refractivity contribution in [2.75, 3.05) is 26.2 Å². The van der Waals surface area contributed by atoms with Gasteiger partial charge in [-0.1, -0.05) is 5.21 Å². The molecule has 0 unspecified atom stereocenters. The Labute approximate surface area is 188 Å². The minimum Gasteiger partial charge on any atom is -0.338 e. The van der Waals surface area contributed by atoms with E-state index in [4.69, 9.17) is 0 Å². The number of rotatable bonds is 3. The molecule has 2 saturated heterocycles. The second kappa shape index (κ2) is 7.63. The first-order chi connectivity index (χ1) is 16.0. The van der Waals surface area contributed by atoms with Gasteiger partial charge in [0.25, 0.3) is 11.5 Å². The number of hydrogen-bond donors (Lipinski definition) is 2. The van der Waals surface area contributed by atoms with Crippen LogP contribution in [0.25, 0.3) is 27.8 Å². The Hall–Kier alpha value is -3.85. The largest absolute Gasteiger partial charge is 0.338 e. The van der Waals surface area contributed by atoms with Crippen LogP contribution in [0.1, 0.15) is 10.4 Å². The van der Waals surface area contributed by atoms with E-state index in [0.29, 0.717) is 39.6 Å². The summed E-state index contributed by atoms with van der Waals surface area (Å²) in [5, 5.41) is 12.2. The first-order valence-electron chi connectivity index (χ1n) is 10.9. The smallest absolute Gasteiger partial charge is 0.258 e. The summed E-state index contributed by atoms with van der Waals surface area (Å²) >= 11 is 0. The maximum atomic E-state index is 13.6. The van der Waals surface area contributed by atoms with Crippen molar-refractivity contribution >= 4 is 16.8 Å². The van der Waals surface area contributed by atoms with Crippen LogP contribution in [0, 0.1) is 17.7 Å². The van der Waals surface area contributed by atoms with E-state index in [1.807, 2.05) is 17.0 Å². The summed E-state index contributed by atoms with van der Waals surface area (Å²) in [6.07, 6.45) is 1.64. The van der Waals surface area contributed by atoms with Gasteiger partial charge in [-0.3, -0.25) is 9.59 Å². The summed E-state index contributed by atoms with van der Waals surface area (Å²) in [6, 6.07) is 13.0. The summed E-state index contributed by atoms with van der Waals surface area (Å²) < 4.78 is 15.1. The van der Waals surface area contributed by atoms with Gasteiger partial charge >= 0.3 is 0 Å². The minimum atomic E-state index is -0.382. The molecule has 0 spiro atoms. The third kappa shape index (κ3) is 3.50. The molecule has 2 aliphatic heterocycles. The predicted molar refractivity (Wildman–Crippen MR) is 121 cm³/mol. The van der Waals surface area contributed by atoms with E-state index in [-0.39, 0.29) is 17.3 Å². The van der Waals surface area contributed by atoms with E-state index in [2.05, 4.69) is 20.6 Å². The molecule has 8 nitrogen and oxygen atoms in total. The molecular formula is C24H21FN6O2. The predicted octanol–water partition coefficient (Wildman–Crippen LogP) is 2.21. The van der Waals surface area contributed by atoms with Gasteiger partial charge in [-0.2, -0.15) is 0 Å². The number of aromatic nitrogens is 4. The molecule has 166 valence electrons. The van der Waals surface area contributed by atoms with Crippen LogP contribution >= 0.6 is 0 Å². The molecule has 2 fully saturated rings. The number of amides is 1. The van der Waals surface area contributed by atoms with Gasteiger partial charge in [0.15, 0.2) is 0 Å². The minimum absolute atomic E-state index is 0.0464. The number of pyridine rings is 1. The highest BCUT2D eigenvalue weighted by molar-refractivity contribution is 5.94. The van der Waals surface area contributed by atoms with Crippen molar-refractivity contribution in [2.24, 2.45) is 11.8 Å². The lowest BCUT2D eigenvalue weighted by atomic mass is 10.0. The molecule has 4 aromatic rings. The molecule has 0 saturated carbocycles. The van der Waals surface area contributed by atoms with Crippen LogP contribution in [0.2, 0.25) is 0 Å². The molecule has 2 N–H and O–H groups in total. The maximum absolute atomic E-state index is 13.6. The number of hydrogen-bond acceptors (Lipinski definition) is 5. The van der Waals surface area contributed by atoms with Gasteiger partial charge in [-0.25, -0.2) is 9.07 Å². The highest BCUT2D eigenvalue weighted by Gasteiger charge is 2.38. The van der Waals surface area contributed by atoms with E-state index in [9.17, 15) is 14.0 Å². The van der Waals surface area contributed by atoms with Crippen molar-refractivity contribution in [3.05, 3.63) is 76.5 Å². The van der Waals surface area contributed by atoms with E-state index >= 15 is 0 Å². The Balaban J connectivity index is 1.24. The lowest BCUT2D eigenvalue weighted by Crippen LogP contribution is -2.31. The van der Waals surface area contributed by atoms with E-state index < -0.39 is 0 Å². The summed E-state index contributed by atoms with van der Waals surface area (Å²) in [5.41, 5.74) is 2.26. The molecule has 2 aliphatic rings. The van der Waals surface area contributed by atoms with Gasteiger partial charge in [0.05, 0.1) is 17.4 Å². The van der Waals surface area contributed by atoms with Crippen molar-refractivity contribution in [1.82, 2.24) is 30.2 Å². The van der Waals surface area contributed by atoms with Crippen LogP contribution in [0.4, 0.5) is 4.39 Å². The zero-order chi connectivity index (χ0) is 22.5. The van der Waals surface area contributed by atoms with Gasteiger partial charge in [0.1, 0.15) is 11.5 Å². The van der Waals surface area contributed by atoms with Gasteiger partial charge < -0.3 is 15.2 Å². The van der Waals surface area contributed by atoms with Crippen LogP contribution in [-0.4, -0.2) is 57.0 Å². The number of aromatic amines is 1. The van der Waals surface area contributed by atoms with Crippen LogP contribution in [0.5, 0.6) is 0 Å². The van der Waals surface area contributed by atoms with Gasteiger partial charge in [-0.05, 0) is 60.4 Å². The highest BCUT2D eigenvalue weighted by atomic mass is 19.1. The number of carbonyl (C=O) groups is 1. The number of nitrogens with one attached hydrogen (secondary N) is 2. The van der Waals surface area contributed by atoms with Crippen molar-refractivity contribution in [3.63, 3.8) is 0 Å². The molecule has 2 aromatic heterocycles. The van der Waals surface area contributed by atoms with Crippen molar-refractivity contribution in [3.8, 4) is 16.9 Å². The highest BCUT2D eigenvalue weighted by Crippen LogP contribution is 2.27. The quantitative estimate of drug-likeness (QED) is 0.505.